The van der Waals surface area contributed by atoms with Crippen LogP contribution in [0.15, 0.2) is 0 Å². The van der Waals surface area contributed by atoms with Crippen LogP contribution in [-0.4, -0.2) is 59.9 Å². The van der Waals surface area contributed by atoms with E-state index in [4.69, 9.17) is 14.6 Å². The third kappa shape index (κ3) is 43.2. The number of ether oxygens (including phenoxy) is 1. The van der Waals surface area contributed by atoms with Gasteiger partial charge in [-0.2, -0.15) is 0 Å². The lowest BCUT2D eigenvalue weighted by atomic mass is 9.96. The van der Waals surface area contributed by atoms with Crippen molar-refractivity contribution in [3.63, 3.8) is 0 Å². The SMILES string of the molecule is CCCCCCCCC(C)CCCCCCCN(CCO)CCCCCCCC(=O)OC(CCCCCCCC)CCCCCCCC.O=CO. The first-order valence-corrected chi connectivity index (χ1v) is 22.6. The quantitative estimate of drug-likeness (QED) is 0.0371. The summed E-state index contributed by atoms with van der Waals surface area (Å²) in [5.74, 6) is 0.936. The topological polar surface area (TPSA) is 87.1 Å². The van der Waals surface area contributed by atoms with Gasteiger partial charge in [0.2, 0.25) is 0 Å². The molecule has 0 spiro atoms. The van der Waals surface area contributed by atoms with Crippen molar-refractivity contribution in [1.82, 2.24) is 4.90 Å². The standard InChI is InChI=1S/C44H89NO3.CH2O2/c1-5-8-11-14-19-26-33-42(4)34-27-20-17-24-31-38-45(40-41-46)39-32-25-18-23-30-37-44(47)48-43(35-28-21-15-12-9-6-2)36-29-22-16-13-10-7-3;2-1-3/h42-43,46H,5-41H2,1-4H3;1H,(H,2,3). The minimum atomic E-state index is -0.250. The number of carboxylic acid groups (broad SMARTS) is 1. The molecular formula is C45H91NO5. The molecular weight excluding hydrogens is 634 g/mol. The van der Waals surface area contributed by atoms with Crippen LogP contribution in [0.4, 0.5) is 0 Å². The van der Waals surface area contributed by atoms with Crippen LogP contribution >= 0.6 is 0 Å². The highest BCUT2D eigenvalue weighted by Crippen LogP contribution is 2.20. The summed E-state index contributed by atoms with van der Waals surface area (Å²) in [5.41, 5.74) is 0. The fourth-order valence-electron chi connectivity index (χ4n) is 7.20. The molecule has 0 bridgehead atoms. The van der Waals surface area contributed by atoms with Crippen molar-refractivity contribution in [2.24, 2.45) is 5.92 Å². The molecule has 6 nitrogen and oxygen atoms in total. The third-order valence-electron chi connectivity index (χ3n) is 10.6. The van der Waals surface area contributed by atoms with Gasteiger partial charge < -0.3 is 19.8 Å². The Hall–Kier alpha value is -1.14. The number of nitrogens with zero attached hydrogens (tertiary/aromatic N) is 1. The molecule has 51 heavy (non-hydrogen) atoms. The molecule has 0 aromatic carbocycles. The lowest BCUT2D eigenvalue weighted by molar-refractivity contribution is -0.150. The summed E-state index contributed by atoms with van der Waals surface area (Å²) in [4.78, 5) is 23.5. The maximum absolute atomic E-state index is 12.7. The molecule has 2 N–H and O–H groups in total. The van der Waals surface area contributed by atoms with Crippen molar-refractivity contribution in [2.75, 3.05) is 26.2 Å². The molecule has 306 valence electrons. The van der Waals surface area contributed by atoms with E-state index in [2.05, 4.69) is 32.6 Å². The predicted molar refractivity (Wildman–Crippen MR) is 221 cm³/mol. The molecule has 0 aliphatic carbocycles. The monoisotopic (exact) mass is 726 g/mol. The largest absolute Gasteiger partial charge is 0.483 e. The van der Waals surface area contributed by atoms with Crippen LogP contribution in [0.1, 0.15) is 240 Å². The van der Waals surface area contributed by atoms with Crippen molar-refractivity contribution in [3.05, 3.63) is 0 Å². The summed E-state index contributed by atoms with van der Waals surface area (Å²) in [6.45, 7) is 12.3. The zero-order valence-electron chi connectivity index (χ0n) is 35.0. The van der Waals surface area contributed by atoms with E-state index in [0.717, 1.165) is 51.2 Å². The normalized spacial score (nSPS) is 11.9. The van der Waals surface area contributed by atoms with Crippen LogP contribution in [0, 0.1) is 5.92 Å². The van der Waals surface area contributed by atoms with Gasteiger partial charge >= 0.3 is 5.97 Å². The molecule has 6 heteroatoms. The Labute approximate surface area is 319 Å². The molecule has 0 rings (SSSR count). The molecule has 0 aliphatic rings. The van der Waals surface area contributed by atoms with E-state index in [1.807, 2.05) is 0 Å². The molecule has 0 amide bonds. The van der Waals surface area contributed by atoms with Crippen molar-refractivity contribution in [3.8, 4) is 0 Å². The zero-order chi connectivity index (χ0) is 37.9. The van der Waals surface area contributed by atoms with Gasteiger partial charge in [0.25, 0.3) is 6.47 Å². The Bertz CT molecular complexity index is 659. The summed E-state index contributed by atoms with van der Waals surface area (Å²) in [7, 11) is 0. The second-order valence-corrected chi connectivity index (χ2v) is 15.6. The van der Waals surface area contributed by atoms with Gasteiger partial charge in [0.15, 0.2) is 0 Å². The van der Waals surface area contributed by atoms with Crippen LogP contribution < -0.4 is 0 Å². The summed E-state index contributed by atoms with van der Waals surface area (Å²) < 4.78 is 6.03. The van der Waals surface area contributed by atoms with Crippen LogP contribution in [-0.2, 0) is 14.3 Å². The first-order valence-electron chi connectivity index (χ1n) is 22.6. The highest BCUT2D eigenvalue weighted by molar-refractivity contribution is 5.69. The Balaban J connectivity index is 0. The van der Waals surface area contributed by atoms with Crippen LogP contribution in [0.3, 0.4) is 0 Å². The van der Waals surface area contributed by atoms with E-state index in [1.165, 1.54) is 180 Å². The first-order chi connectivity index (χ1) is 25.0. The van der Waals surface area contributed by atoms with Crippen LogP contribution in [0.2, 0.25) is 0 Å². The van der Waals surface area contributed by atoms with E-state index in [9.17, 15) is 9.90 Å². The van der Waals surface area contributed by atoms with Crippen molar-refractivity contribution in [1.29, 1.82) is 0 Å². The average Bonchev–Trinajstić information content (AvgIpc) is 3.11. The Kier molecular flexibility index (Phi) is 45.9. The first kappa shape index (κ1) is 52.0. The fraction of sp³-hybridized carbons (Fsp3) is 0.956. The van der Waals surface area contributed by atoms with Gasteiger partial charge in [-0.1, -0.05) is 188 Å². The summed E-state index contributed by atoms with van der Waals surface area (Å²) in [5, 5.41) is 16.5. The molecule has 0 radical (unpaired) electrons. The van der Waals surface area contributed by atoms with Gasteiger partial charge in [0, 0.05) is 13.0 Å². The third-order valence-corrected chi connectivity index (χ3v) is 10.6. The lowest BCUT2D eigenvalue weighted by Crippen LogP contribution is -2.29. The van der Waals surface area contributed by atoms with E-state index in [0.29, 0.717) is 6.42 Å². The van der Waals surface area contributed by atoms with E-state index in [1.54, 1.807) is 0 Å². The number of rotatable bonds is 40. The number of hydrogen-bond acceptors (Lipinski definition) is 5. The molecule has 0 saturated heterocycles. The van der Waals surface area contributed by atoms with Crippen molar-refractivity contribution in [2.45, 2.75) is 246 Å². The predicted octanol–water partition coefficient (Wildman–Crippen LogP) is 13.5. The lowest BCUT2D eigenvalue weighted by Gasteiger charge is -2.21. The highest BCUT2D eigenvalue weighted by Gasteiger charge is 2.14. The van der Waals surface area contributed by atoms with Gasteiger partial charge in [0.1, 0.15) is 6.10 Å². The minimum Gasteiger partial charge on any atom is -0.483 e. The fourth-order valence-corrected chi connectivity index (χ4v) is 7.20. The number of carbonyl (C=O) groups is 2. The minimum absolute atomic E-state index is 0.0359. The maximum Gasteiger partial charge on any atom is 0.306 e. The Morgan fingerprint density at radius 1 is 0.529 bits per heavy atom. The molecule has 0 heterocycles. The Morgan fingerprint density at radius 3 is 1.25 bits per heavy atom. The van der Waals surface area contributed by atoms with Crippen LogP contribution in [0.25, 0.3) is 0 Å². The number of unbranched alkanes of at least 4 members (excludes halogenated alkanes) is 23. The summed E-state index contributed by atoms with van der Waals surface area (Å²) >= 11 is 0. The molecule has 1 unspecified atom stereocenters. The smallest absolute Gasteiger partial charge is 0.306 e. The maximum atomic E-state index is 12.7. The average molecular weight is 726 g/mol. The van der Waals surface area contributed by atoms with Crippen LogP contribution in [0.5, 0.6) is 0 Å². The zero-order valence-corrected chi connectivity index (χ0v) is 35.0. The number of esters is 1. The molecule has 1 atom stereocenters. The Morgan fingerprint density at radius 2 is 0.863 bits per heavy atom. The number of carbonyl (C=O) groups excluding carboxylic acids is 1. The van der Waals surface area contributed by atoms with Crippen molar-refractivity contribution < 1.29 is 24.5 Å². The molecule has 0 aromatic heterocycles. The van der Waals surface area contributed by atoms with Gasteiger partial charge in [-0.05, 0) is 64.0 Å². The summed E-state index contributed by atoms with van der Waals surface area (Å²) in [6.07, 6.45) is 42.1. The van der Waals surface area contributed by atoms with E-state index < -0.39 is 0 Å². The van der Waals surface area contributed by atoms with Gasteiger partial charge in [-0.3, -0.25) is 9.59 Å². The summed E-state index contributed by atoms with van der Waals surface area (Å²) in [6, 6.07) is 0. The number of aliphatic hydroxyl groups is 1. The molecule has 0 fully saturated rings. The van der Waals surface area contributed by atoms with Gasteiger partial charge in [-0.25, -0.2) is 0 Å². The van der Waals surface area contributed by atoms with E-state index in [-0.39, 0.29) is 25.2 Å². The van der Waals surface area contributed by atoms with Gasteiger partial charge in [0.05, 0.1) is 6.61 Å². The second kappa shape index (κ2) is 45.0. The molecule has 0 saturated carbocycles. The molecule has 0 aromatic rings. The number of hydrogen-bond donors (Lipinski definition) is 2. The number of aliphatic hydroxyl groups excluding tert-OH is 1. The van der Waals surface area contributed by atoms with Gasteiger partial charge in [-0.15, -0.1) is 0 Å². The van der Waals surface area contributed by atoms with E-state index >= 15 is 0 Å². The highest BCUT2D eigenvalue weighted by atomic mass is 16.5. The second-order valence-electron chi connectivity index (χ2n) is 15.6. The van der Waals surface area contributed by atoms with Crippen molar-refractivity contribution >= 4 is 12.4 Å². The molecule has 0 aliphatic heterocycles.